The van der Waals surface area contributed by atoms with E-state index < -0.39 is 22.8 Å². The molecule has 1 aliphatic rings. The normalized spacial score (nSPS) is 15.9. The van der Waals surface area contributed by atoms with E-state index in [1.807, 2.05) is 4.90 Å². The molecular weight excluding hydrogens is 413 g/mol. The van der Waals surface area contributed by atoms with Gasteiger partial charge in [-0.05, 0) is 55.3 Å². The van der Waals surface area contributed by atoms with Crippen molar-refractivity contribution in [3.05, 3.63) is 64.2 Å². The molecule has 158 valence electrons. The highest BCUT2D eigenvalue weighted by Gasteiger charge is 2.25. The average molecular weight is 434 g/mol. The Labute approximate surface area is 177 Å². The fraction of sp³-hybridized carbons (Fsp3) is 0.238. The summed E-state index contributed by atoms with van der Waals surface area (Å²) >= 11 is 0. The molecular formula is C21H21ClFN3O4. The largest absolute Gasteiger partial charge is 0.508 e. The summed E-state index contributed by atoms with van der Waals surface area (Å²) in [5.74, 6) is -1.64. The van der Waals surface area contributed by atoms with Gasteiger partial charge in [-0.2, -0.15) is 0 Å². The van der Waals surface area contributed by atoms with Crippen molar-refractivity contribution in [3.63, 3.8) is 0 Å². The molecule has 1 fully saturated rings. The highest BCUT2D eigenvalue weighted by molar-refractivity contribution is 5.94. The van der Waals surface area contributed by atoms with Crippen molar-refractivity contribution in [2.75, 3.05) is 24.5 Å². The van der Waals surface area contributed by atoms with E-state index >= 15 is 0 Å². The Morgan fingerprint density at radius 3 is 2.53 bits per heavy atom. The SMILES string of the molecule is Cl.NCC1CCN(c2cc3c(cc2F)c(=O)c(C(=O)O)cn3-c2ccc(O)cc2)C1. The van der Waals surface area contributed by atoms with Crippen molar-refractivity contribution >= 4 is 35.0 Å². The Bertz CT molecular complexity index is 1160. The predicted octanol–water partition coefficient (Wildman–Crippen LogP) is 2.74. The molecule has 0 amide bonds. The average Bonchev–Trinajstić information content (AvgIpc) is 3.18. The number of phenolic OH excluding ortho intramolecular Hbond substituents is 1. The van der Waals surface area contributed by atoms with Crippen LogP contribution in [-0.4, -0.2) is 40.4 Å². The first-order valence-electron chi connectivity index (χ1n) is 9.25. The Kier molecular flexibility index (Phi) is 6.00. The number of aromatic carboxylic acids is 1. The molecule has 4 rings (SSSR count). The molecule has 7 nitrogen and oxygen atoms in total. The number of aromatic hydroxyl groups is 1. The number of carboxylic acids is 1. The van der Waals surface area contributed by atoms with Crippen molar-refractivity contribution in [1.82, 2.24) is 4.57 Å². The number of fused-ring (bicyclic) bond motifs is 1. The highest BCUT2D eigenvalue weighted by Crippen LogP contribution is 2.30. The third kappa shape index (κ3) is 3.71. The van der Waals surface area contributed by atoms with Gasteiger partial charge in [0.15, 0.2) is 0 Å². The summed E-state index contributed by atoms with van der Waals surface area (Å²) in [6.45, 7) is 1.79. The first-order chi connectivity index (χ1) is 13.9. The lowest BCUT2D eigenvalue weighted by molar-refractivity contribution is 0.0695. The molecule has 1 aromatic heterocycles. The number of halogens is 2. The van der Waals surface area contributed by atoms with Crippen LogP contribution >= 0.6 is 12.4 Å². The van der Waals surface area contributed by atoms with Crippen LogP contribution in [0.4, 0.5) is 10.1 Å². The monoisotopic (exact) mass is 433 g/mol. The first kappa shape index (κ1) is 21.6. The number of rotatable bonds is 4. The minimum absolute atomic E-state index is 0. The Hall–Kier alpha value is -3.10. The van der Waals surface area contributed by atoms with Crippen LogP contribution < -0.4 is 16.1 Å². The maximum absolute atomic E-state index is 14.9. The fourth-order valence-corrected chi connectivity index (χ4v) is 3.80. The van der Waals surface area contributed by atoms with Gasteiger partial charge in [-0.3, -0.25) is 4.79 Å². The molecule has 3 aromatic rings. The summed E-state index contributed by atoms with van der Waals surface area (Å²) in [5, 5.41) is 19.0. The quantitative estimate of drug-likeness (QED) is 0.583. The molecule has 1 unspecified atom stereocenters. The van der Waals surface area contributed by atoms with Gasteiger partial charge in [0.25, 0.3) is 0 Å². The van der Waals surface area contributed by atoms with E-state index in [1.54, 1.807) is 18.2 Å². The Morgan fingerprint density at radius 1 is 1.23 bits per heavy atom. The van der Waals surface area contributed by atoms with Crippen LogP contribution in [0.2, 0.25) is 0 Å². The van der Waals surface area contributed by atoms with Crippen molar-refractivity contribution in [2.24, 2.45) is 11.7 Å². The summed E-state index contributed by atoms with van der Waals surface area (Å²) < 4.78 is 16.4. The number of nitrogens with zero attached hydrogens (tertiary/aromatic N) is 2. The van der Waals surface area contributed by atoms with E-state index in [2.05, 4.69) is 0 Å². The summed E-state index contributed by atoms with van der Waals surface area (Å²) in [6, 6.07) is 8.77. The minimum atomic E-state index is -1.39. The van der Waals surface area contributed by atoms with E-state index in [0.717, 1.165) is 12.5 Å². The predicted molar refractivity (Wildman–Crippen MR) is 115 cm³/mol. The van der Waals surface area contributed by atoms with Gasteiger partial charge in [-0.15, -0.1) is 12.4 Å². The molecule has 0 saturated carbocycles. The molecule has 4 N–H and O–H groups in total. The van der Waals surface area contributed by atoms with Crippen LogP contribution in [-0.2, 0) is 0 Å². The van der Waals surface area contributed by atoms with E-state index in [1.165, 1.54) is 22.9 Å². The maximum atomic E-state index is 14.9. The molecule has 2 heterocycles. The summed E-state index contributed by atoms with van der Waals surface area (Å²) in [5.41, 5.74) is 5.81. The topological polar surface area (TPSA) is 109 Å². The fourth-order valence-electron chi connectivity index (χ4n) is 3.80. The third-order valence-electron chi connectivity index (χ3n) is 5.39. The second-order valence-corrected chi connectivity index (χ2v) is 7.22. The van der Waals surface area contributed by atoms with Crippen LogP contribution in [0.3, 0.4) is 0 Å². The zero-order chi connectivity index (χ0) is 20.7. The lowest BCUT2D eigenvalue weighted by atomic mass is 10.1. The van der Waals surface area contributed by atoms with Gasteiger partial charge in [0, 0.05) is 30.4 Å². The third-order valence-corrected chi connectivity index (χ3v) is 5.39. The smallest absolute Gasteiger partial charge is 0.341 e. The standard InChI is InChI=1S/C21H20FN3O4.ClH/c22-17-7-15-18(8-19(17)24-6-5-12(9-23)10-24)25(11-16(20(15)27)21(28)29)13-1-3-14(26)4-2-13;/h1-4,7-8,11-12,26H,5-6,9-10,23H2,(H,28,29);1H. The number of carbonyl (C=O) groups is 1. The van der Waals surface area contributed by atoms with Gasteiger partial charge >= 0.3 is 5.97 Å². The van der Waals surface area contributed by atoms with E-state index in [9.17, 15) is 24.2 Å². The number of carboxylic acid groups (broad SMARTS) is 1. The zero-order valence-corrected chi connectivity index (χ0v) is 16.7. The van der Waals surface area contributed by atoms with Crippen molar-refractivity contribution in [2.45, 2.75) is 6.42 Å². The van der Waals surface area contributed by atoms with Crippen LogP contribution in [0.1, 0.15) is 16.8 Å². The second kappa shape index (κ2) is 8.33. The Balaban J connectivity index is 0.00000256. The minimum Gasteiger partial charge on any atom is -0.508 e. The molecule has 0 bridgehead atoms. The maximum Gasteiger partial charge on any atom is 0.341 e. The van der Waals surface area contributed by atoms with Crippen LogP contribution in [0, 0.1) is 11.7 Å². The molecule has 2 aromatic carbocycles. The lowest BCUT2D eigenvalue weighted by Gasteiger charge is -2.21. The van der Waals surface area contributed by atoms with Gasteiger partial charge in [0.05, 0.1) is 11.2 Å². The van der Waals surface area contributed by atoms with Gasteiger partial charge in [0.1, 0.15) is 17.1 Å². The Morgan fingerprint density at radius 2 is 1.93 bits per heavy atom. The molecule has 1 aliphatic heterocycles. The molecule has 0 radical (unpaired) electrons. The molecule has 0 spiro atoms. The van der Waals surface area contributed by atoms with Crippen LogP contribution in [0.15, 0.2) is 47.4 Å². The zero-order valence-electron chi connectivity index (χ0n) is 15.9. The van der Waals surface area contributed by atoms with Gasteiger partial charge < -0.3 is 25.4 Å². The van der Waals surface area contributed by atoms with Crippen molar-refractivity contribution < 1.29 is 19.4 Å². The number of benzene rings is 2. The summed E-state index contributed by atoms with van der Waals surface area (Å²) in [4.78, 5) is 26.1. The molecule has 9 heteroatoms. The summed E-state index contributed by atoms with van der Waals surface area (Å²) in [6.07, 6.45) is 2.09. The second-order valence-electron chi connectivity index (χ2n) is 7.22. The number of phenols is 1. The molecule has 0 aliphatic carbocycles. The molecule has 1 saturated heterocycles. The van der Waals surface area contributed by atoms with E-state index in [4.69, 9.17) is 5.73 Å². The molecule has 30 heavy (non-hydrogen) atoms. The van der Waals surface area contributed by atoms with E-state index in [0.29, 0.717) is 36.5 Å². The highest BCUT2D eigenvalue weighted by atomic mass is 35.5. The van der Waals surface area contributed by atoms with Gasteiger partial charge in [-0.25, -0.2) is 9.18 Å². The van der Waals surface area contributed by atoms with Crippen molar-refractivity contribution in [3.8, 4) is 11.4 Å². The van der Waals surface area contributed by atoms with Gasteiger partial charge in [-0.1, -0.05) is 0 Å². The first-order valence-corrected chi connectivity index (χ1v) is 9.25. The van der Waals surface area contributed by atoms with E-state index in [-0.39, 0.29) is 29.5 Å². The van der Waals surface area contributed by atoms with Crippen LogP contribution in [0.25, 0.3) is 16.6 Å². The van der Waals surface area contributed by atoms with Gasteiger partial charge in [0.2, 0.25) is 5.43 Å². The number of nitrogens with two attached hydrogens (primary N) is 1. The molecule has 1 atom stereocenters. The number of pyridine rings is 1. The lowest BCUT2D eigenvalue weighted by Crippen LogP contribution is -2.24. The number of hydrogen-bond acceptors (Lipinski definition) is 5. The number of hydrogen-bond donors (Lipinski definition) is 3. The van der Waals surface area contributed by atoms with Crippen molar-refractivity contribution in [1.29, 1.82) is 0 Å². The number of aromatic nitrogens is 1. The summed E-state index contributed by atoms with van der Waals surface area (Å²) in [7, 11) is 0. The number of anilines is 1. The van der Waals surface area contributed by atoms with Crippen LogP contribution in [0.5, 0.6) is 5.75 Å².